The summed E-state index contributed by atoms with van der Waals surface area (Å²) in [5.41, 5.74) is 8.97. The molecule has 0 spiro atoms. The Balaban J connectivity index is 0.000000219. The van der Waals surface area contributed by atoms with Crippen LogP contribution < -0.4 is 14.2 Å². The minimum atomic E-state index is -4.75. The summed E-state index contributed by atoms with van der Waals surface area (Å²) in [7, 11) is 0. The van der Waals surface area contributed by atoms with Gasteiger partial charge in [0.05, 0.1) is 18.1 Å². The lowest BCUT2D eigenvalue weighted by molar-refractivity contribution is -0.275. The van der Waals surface area contributed by atoms with Gasteiger partial charge in [-0.2, -0.15) is 0 Å². The van der Waals surface area contributed by atoms with E-state index in [0.29, 0.717) is 117 Å². The molecule has 6 aliphatic rings. The zero-order chi connectivity index (χ0) is 94.6. The van der Waals surface area contributed by atoms with Gasteiger partial charge in [-0.05, 0) is 177 Å². The molecule has 0 bridgehead atoms. The highest BCUT2D eigenvalue weighted by Crippen LogP contribution is 2.45. The van der Waals surface area contributed by atoms with Gasteiger partial charge >= 0.3 is 19.1 Å². The first kappa shape index (κ1) is 104. The van der Waals surface area contributed by atoms with E-state index in [1.807, 2.05) is 51.1 Å². The van der Waals surface area contributed by atoms with Gasteiger partial charge in [-0.15, -0.1) is 39.5 Å². The van der Waals surface area contributed by atoms with Gasteiger partial charge in [0.1, 0.15) is 17.2 Å². The maximum absolute atomic E-state index is 13.8. The molecule has 0 aliphatic carbocycles. The van der Waals surface area contributed by atoms with Gasteiger partial charge in [-0.1, -0.05) is 220 Å². The molecule has 27 heteroatoms. The molecule has 6 heterocycles. The second-order valence-corrected chi connectivity index (χ2v) is 40.3. The molecule has 6 aromatic rings. The minimum absolute atomic E-state index is 0. The van der Waals surface area contributed by atoms with Crippen LogP contribution in [0.3, 0.4) is 0 Å². The van der Waals surface area contributed by atoms with Crippen LogP contribution in [0, 0.1) is 34.0 Å². The lowest BCUT2D eigenvalue weighted by Crippen LogP contribution is -2.60. The zero-order valence-electron chi connectivity index (χ0n) is 78.9. The summed E-state index contributed by atoms with van der Waals surface area (Å²) in [6.07, 6.45) is -7.76. The number of rotatable bonds is 21. The van der Waals surface area contributed by atoms with Crippen molar-refractivity contribution in [1.29, 1.82) is 0 Å². The number of ether oxygens (including phenoxy) is 3. The highest BCUT2D eigenvalue weighted by Gasteiger charge is 2.47. The normalized spacial score (nSPS) is 19.8. The third kappa shape index (κ3) is 28.7. The van der Waals surface area contributed by atoms with E-state index in [1.54, 1.807) is 57.2 Å². The minimum Gasteiger partial charge on any atom is -0.406 e. The van der Waals surface area contributed by atoms with Crippen LogP contribution >= 0.6 is 0 Å². The van der Waals surface area contributed by atoms with Gasteiger partial charge in [-0.25, -0.2) is 0 Å². The van der Waals surface area contributed by atoms with E-state index in [9.17, 15) is 68.3 Å². The number of carbonyl (C=O) groups is 6. The zero-order valence-corrected chi connectivity index (χ0v) is 78.9. The topological polar surface area (TPSA) is 159 Å². The molecule has 716 valence electrons. The number of hydrogen-bond acceptors (Lipinski definition) is 12. The van der Waals surface area contributed by atoms with Gasteiger partial charge in [-0.3, -0.25) is 43.5 Å². The van der Waals surface area contributed by atoms with Crippen LogP contribution in [0.15, 0.2) is 146 Å². The number of benzene rings is 6. The van der Waals surface area contributed by atoms with Crippen molar-refractivity contribution in [2.45, 2.75) is 263 Å². The summed E-state index contributed by atoms with van der Waals surface area (Å²) in [5.74, 6) is 1.57. The summed E-state index contributed by atoms with van der Waals surface area (Å²) in [4.78, 5) is 95.4. The average Bonchev–Trinajstić information content (AvgIpc) is 0.776. The molecule has 3 unspecified atom stereocenters. The molecule has 12 rings (SSSR count). The van der Waals surface area contributed by atoms with Crippen LogP contribution in [0.25, 0.3) is 0 Å². The van der Waals surface area contributed by atoms with Gasteiger partial charge in [0.15, 0.2) is 0 Å². The van der Waals surface area contributed by atoms with E-state index < -0.39 is 19.1 Å². The first-order chi connectivity index (χ1) is 60.4. The summed E-state index contributed by atoms with van der Waals surface area (Å²) >= 11 is 0. The molecule has 0 saturated carbocycles. The number of likely N-dealkylation sites (tertiary alicyclic amines) is 3. The van der Waals surface area contributed by atoms with Gasteiger partial charge in [0.2, 0.25) is 35.4 Å². The predicted octanol–water partition coefficient (Wildman–Crippen LogP) is 21.7. The standard InChI is InChI=1S/3C34H46F3N3O3.CH4/c3*1-23(2)28-9-7-8-10-29(28)32(26-11-13-27(14-12-26)43-34(35,36)37)39-19-20-40(30(22-39)33(4,5)6)31(42)21-25-15-17-38(18-16-25)24(3)41;/h3*7-14,23,25,30,32H,15-22H2,1-6H3;1H4/t3*30-,32?;/m111./s1. The highest BCUT2D eigenvalue weighted by molar-refractivity contribution is 5.79. The number of nitrogens with zero attached hydrogens (tertiary/aromatic N) is 9. The molecule has 18 nitrogen and oxygen atoms in total. The molecule has 6 fully saturated rings. The Hall–Kier alpha value is -9.21. The van der Waals surface area contributed by atoms with Crippen molar-refractivity contribution in [3.63, 3.8) is 0 Å². The van der Waals surface area contributed by atoms with Crippen LogP contribution in [0.1, 0.15) is 276 Å². The molecule has 6 saturated heterocycles. The molecule has 0 radical (unpaired) electrons. The smallest absolute Gasteiger partial charge is 0.406 e. The number of carbonyl (C=O) groups excluding carboxylic acids is 6. The van der Waals surface area contributed by atoms with Crippen molar-refractivity contribution in [3.8, 4) is 17.2 Å². The maximum Gasteiger partial charge on any atom is 0.573 e. The Morgan fingerprint density at radius 1 is 0.308 bits per heavy atom. The summed E-state index contributed by atoms with van der Waals surface area (Å²) in [6, 6.07) is 42.6. The van der Waals surface area contributed by atoms with Gasteiger partial charge in [0.25, 0.3) is 0 Å². The number of piperidine rings is 3. The van der Waals surface area contributed by atoms with Crippen molar-refractivity contribution in [2.24, 2.45) is 34.0 Å². The van der Waals surface area contributed by atoms with E-state index in [1.165, 1.54) is 53.1 Å². The fourth-order valence-electron chi connectivity index (χ4n) is 19.9. The van der Waals surface area contributed by atoms with Gasteiger partial charge < -0.3 is 43.6 Å². The second-order valence-electron chi connectivity index (χ2n) is 40.3. The van der Waals surface area contributed by atoms with Crippen LogP contribution in [0.2, 0.25) is 0 Å². The van der Waals surface area contributed by atoms with Crippen molar-refractivity contribution in [3.05, 3.63) is 196 Å². The van der Waals surface area contributed by atoms with Crippen molar-refractivity contribution in [2.75, 3.05) is 98.2 Å². The van der Waals surface area contributed by atoms with Crippen LogP contribution in [-0.2, 0) is 28.8 Å². The monoisotopic (exact) mass is 1820 g/mol. The van der Waals surface area contributed by atoms with E-state index in [-0.39, 0.29) is 148 Å². The molecule has 6 atom stereocenters. The Morgan fingerprint density at radius 2 is 0.508 bits per heavy atom. The maximum atomic E-state index is 13.8. The first-order valence-corrected chi connectivity index (χ1v) is 46.1. The predicted molar refractivity (Wildman–Crippen MR) is 492 cm³/mol. The van der Waals surface area contributed by atoms with E-state index >= 15 is 0 Å². The molecule has 6 aliphatic heterocycles. The van der Waals surface area contributed by atoms with E-state index in [0.717, 1.165) is 71.9 Å². The quantitative estimate of drug-likeness (QED) is 0.0629. The fraction of sp³-hybridized carbons (Fsp3) is 0.592. The summed E-state index contributed by atoms with van der Waals surface area (Å²) in [5, 5.41) is 0. The lowest BCUT2D eigenvalue weighted by atomic mass is 9.81. The average molecular weight is 1820 g/mol. The second kappa shape index (κ2) is 44.5. The molecular weight excluding hydrogens is 1680 g/mol. The first-order valence-electron chi connectivity index (χ1n) is 46.1. The Labute approximate surface area is 766 Å². The summed E-state index contributed by atoms with van der Waals surface area (Å²) < 4.78 is 128. The largest absolute Gasteiger partial charge is 0.573 e. The van der Waals surface area contributed by atoms with Crippen molar-refractivity contribution in [1.82, 2.24) is 44.1 Å². The van der Waals surface area contributed by atoms with Gasteiger partial charge in [0, 0.05) is 156 Å². The SMILES string of the molecule is C.CC(=O)N1CCC(CC(=O)N2CCN(C(c3ccc(OC(F)(F)F)cc3)c3ccccc3C(C)C)C[C@@H]2C(C)(C)C)CC1.CC(=O)N1CCC(CC(=O)N2CCN(C(c3ccc(OC(F)(F)F)cc3)c3ccccc3C(C)C)C[C@@H]2C(C)(C)C)CC1.CC(=O)N1CCC(CC(=O)N2CCN(C(c3ccc(OC(F)(F)F)cc3)c3ccccc3C(C)C)C[C@@H]2C(C)(C)C)CC1. The fourth-order valence-corrected chi connectivity index (χ4v) is 19.9. The molecule has 6 amide bonds. The number of halogens is 9. The lowest BCUT2D eigenvalue weighted by Gasteiger charge is -2.50. The Morgan fingerprint density at radius 3 is 0.685 bits per heavy atom. The summed E-state index contributed by atoms with van der Waals surface area (Å²) in [6.45, 7) is 46.8. The third-order valence-corrected chi connectivity index (χ3v) is 26.9. The van der Waals surface area contributed by atoms with Crippen LogP contribution in [0.4, 0.5) is 39.5 Å². The molecule has 6 aromatic carbocycles. The molecular formula is C103H142F9N9O9. The number of hydrogen-bond donors (Lipinski definition) is 0. The Bertz CT molecular complexity index is 4210. The molecule has 0 aromatic heterocycles. The van der Waals surface area contributed by atoms with Crippen LogP contribution in [0.5, 0.6) is 17.2 Å². The van der Waals surface area contributed by atoms with Crippen molar-refractivity contribution < 1.29 is 82.5 Å². The number of amides is 6. The number of alkyl halides is 9. The number of piperazine rings is 3. The molecule has 130 heavy (non-hydrogen) atoms. The molecule has 0 N–H and O–H groups in total. The Kier molecular flexibility index (Phi) is 35.8. The van der Waals surface area contributed by atoms with Crippen LogP contribution in [-0.4, -0.2) is 215 Å². The van der Waals surface area contributed by atoms with E-state index in [4.69, 9.17) is 0 Å². The highest BCUT2D eigenvalue weighted by atomic mass is 19.4. The van der Waals surface area contributed by atoms with Crippen molar-refractivity contribution >= 4 is 35.4 Å². The van der Waals surface area contributed by atoms with E-state index in [2.05, 4.69) is 184 Å². The third-order valence-electron chi connectivity index (χ3n) is 26.9.